The summed E-state index contributed by atoms with van der Waals surface area (Å²) in [7, 11) is 0. The van der Waals surface area contributed by atoms with Gasteiger partial charge in [-0.15, -0.1) is 0 Å². The van der Waals surface area contributed by atoms with Crippen LogP contribution in [0.3, 0.4) is 0 Å². The highest BCUT2D eigenvalue weighted by Gasteiger charge is 2.33. The molecule has 1 fully saturated rings. The summed E-state index contributed by atoms with van der Waals surface area (Å²) in [5, 5.41) is 14.4. The first-order chi connectivity index (χ1) is 10.0. The number of rotatable bonds is 4. The Morgan fingerprint density at radius 3 is 3.05 bits per heavy atom. The summed E-state index contributed by atoms with van der Waals surface area (Å²) in [6.45, 7) is 3.63. The van der Waals surface area contributed by atoms with Gasteiger partial charge in [0.15, 0.2) is 0 Å². The van der Waals surface area contributed by atoms with Crippen LogP contribution in [0.2, 0.25) is 0 Å². The molecule has 1 aliphatic rings. The SMILES string of the molecule is CCOC(=O)C1CNCCN1c1ccc(I)cc1[N+](=O)[O-]. The first-order valence-electron chi connectivity index (χ1n) is 6.62. The van der Waals surface area contributed by atoms with Crippen LogP contribution in [0.4, 0.5) is 11.4 Å². The van der Waals surface area contributed by atoms with Crippen LogP contribution in [0.15, 0.2) is 18.2 Å². The van der Waals surface area contributed by atoms with Crippen molar-refractivity contribution in [1.29, 1.82) is 0 Å². The van der Waals surface area contributed by atoms with Gasteiger partial charge in [0.2, 0.25) is 0 Å². The first kappa shape index (κ1) is 16.0. The zero-order chi connectivity index (χ0) is 15.4. The molecular weight excluding hydrogens is 389 g/mol. The third-order valence-electron chi connectivity index (χ3n) is 3.25. The Hall–Kier alpha value is -1.42. The van der Waals surface area contributed by atoms with Gasteiger partial charge in [-0.05, 0) is 41.6 Å². The van der Waals surface area contributed by atoms with Gasteiger partial charge < -0.3 is 15.0 Å². The molecule has 0 aromatic heterocycles. The van der Waals surface area contributed by atoms with Gasteiger partial charge in [0.1, 0.15) is 11.7 Å². The number of esters is 1. The van der Waals surface area contributed by atoms with E-state index in [2.05, 4.69) is 5.32 Å². The standard InChI is InChI=1S/C13H16IN3O4/c1-2-21-13(18)12-8-15-5-6-16(12)10-4-3-9(14)7-11(10)17(19)20/h3-4,7,12,15H,2,5-6,8H2,1H3. The predicted octanol–water partition coefficient (Wildman–Crippen LogP) is 1.54. The molecule has 1 heterocycles. The van der Waals surface area contributed by atoms with E-state index in [0.29, 0.717) is 25.3 Å². The highest BCUT2D eigenvalue weighted by Crippen LogP contribution is 2.31. The lowest BCUT2D eigenvalue weighted by Crippen LogP contribution is -2.55. The van der Waals surface area contributed by atoms with E-state index in [-0.39, 0.29) is 18.3 Å². The maximum absolute atomic E-state index is 12.1. The fourth-order valence-corrected chi connectivity index (χ4v) is 2.80. The zero-order valence-corrected chi connectivity index (χ0v) is 13.7. The molecule has 1 aliphatic heterocycles. The number of ether oxygens (including phenoxy) is 1. The lowest BCUT2D eigenvalue weighted by Gasteiger charge is -2.35. The van der Waals surface area contributed by atoms with Crippen molar-refractivity contribution in [3.8, 4) is 0 Å². The molecule has 1 unspecified atom stereocenters. The third-order valence-corrected chi connectivity index (χ3v) is 3.92. The number of piperazine rings is 1. The summed E-state index contributed by atoms with van der Waals surface area (Å²) in [5.74, 6) is -0.363. The molecule has 1 saturated heterocycles. The lowest BCUT2D eigenvalue weighted by molar-refractivity contribution is -0.384. The number of nitro benzene ring substituents is 1. The van der Waals surface area contributed by atoms with Crippen LogP contribution in [-0.4, -0.2) is 43.2 Å². The van der Waals surface area contributed by atoms with Gasteiger partial charge >= 0.3 is 5.97 Å². The minimum absolute atomic E-state index is 0.0121. The van der Waals surface area contributed by atoms with Gasteiger partial charge in [-0.3, -0.25) is 10.1 Å². The molecule has 0 aliphatic carbocycles. The Balaban J connectivity index is 2.37. The van der Waals surface area contributed by atoms with Crippen molar-refractivity contribution >= 4 is 39.9 Å². The largest absolute Gasteiger partial charge is 0.464 e. The molecule has 21 heavy (non-hydrogen) atoms. The van der Waals surface area contributed by atoms with E-state index in [9.17, 15) is 14.9 Å². The number of nitrogens with zero attached hydrogens (tertiary/aromatic N) is 2. The Kier molecular flexibility index (Phi) is 5.34. The molecule has 0 radical (unpaired) electrons. The molecule has 1 N–H and O–H groups in total. The first-order valence-corrected chi connectivity index (χ1v) is 7.70. The van der Waals surface area contributed by atoms with Crippen molar-refractivity contribution in [3.63, 3.8) is 0 Å². The number of benzene rings is 1. The van der Waals surface area contributed by atoms with Gasteiger partial charge in [-0.1, -0.05) is 0 Å². The Labute approximate surface area is 135 Å². The van der Waals surface area contributed by atoms with Crippen molar-refractivity contribution in [3.05, 3.63) is 31.9 Å². The number of hydrogen-bond donors (Lipinski definition) is 1. The fourth-order valence-electron chi connectivity index (χ4n) is 2.33. The molecule has 0 saturated carbocycles. The monoisotopic (exact) mass is 405 g/mol. The maximum atomic E-state index is 12.1. The number of halogens is 1. The molecule has 0 bridgehead atoms. The smallest absolute Gasteiger partial charge is 0.330 e. The minimum atomic E-state index is -0.544. The second kappa shape index (κ2) is 7.03. The molecule has 1 aromatic rings. The molecule has 0 amide bonds. The van der Waals surface area contributed by atoms with Crippen LogP contribution in [0.5, 0.6) is 0 Å². The molecule has 1 atom stereocenters. The summed E-state index contributed by atoms with van der Waals surface area (Å²) >= 11 is 2.03. The summed E-state index contributed by atoms with van der Waals surface area (Å²) in [4.78, 5) is 24.7. The topological polar surface area (TPSA) is 84.7 Å². The highest BCUT2D eigenvalue weighted by atomic mass is 127. The highest BCUT2D eigenvalue weighted by molar-refractivity contribution is 14.1. The fraction of sp³-hybridized carbons (Fsp3) is 0.462. The number of hydrogen-bond acceptors (Lipinski definition) is 6. The van der Waals surface area contributed by atoms with E-state index < -0.39 is 11.0 Å². The average molecular weight is 405 g/mol. The molecule has 114 valence electrons. The van der Waals surface area contributed by atoms with Crippen LogP contribution in [0, 0.1) is 13.7 Å². The van der Waals surface area contributed by atoms with E-state index in [1.807, 2.05) is 22.6 Å². The van der Waals surface area contributed by atoms with Gasteiger partial charge in [-0.2, -0.15) is 0 Å². The van der Waals surface area contributed by atoms with E-state index in [1.165, 1.54) is 6.07 Å². The number of carbonyl (C=O) groups is 1. The van der Waals surface area contributed by atoms with E-state index >= 15 is 0 Å². The van der Waals surface area contributed by atoms with Crippen LogP contribution >= 0.6 is 22.6 Å². The normalized spacial score (nSPS) is 18.4. The second-order valence-electron chi connectivity index (χ2n) is 4.56. The molecule has 8 heteroatoms. The molecule has 1 aromatic carbocycles. The van der Waals surface area contributed by atoms with Crippen molar-refractivity contribution in [2.75, 3.05) is 31.1 Å². The minimum Gasteiger partial charge on any atom is -0.464 e. The van der Waals surface area contributed by atoms with Crippen LogP contribution in [-0.2, 0) is 9.53 Å². The molecule has 0 spiro atoms. The van der Waals surface area contributed by atoms with E-state index in [1.54, 1.807) is 24.0 Å². The summed E-state index contributed by atoms with van der Waals surface area (Å²) in [5.41, 5.74) is 0.470. The third kappa shape index (κ3) is 3.62. The quantitative estimate of drug-likeness (QED) is 0.354. The van der Waals surface area contributed by atoms with Crippen molar-refractivity contribution in [2.45, 2.75) is 13.0 Å². The number of anilines is 1. The van der Waals surface area contributed by atoms with Gasteiger partial charge in [-0.25, -0.2) is 4.79 Å². The van der Waals surface area contributed by atoms with Crippen LogP contribution in [0.1, 0.15) is 6.92 Å². The molecule has 7 nitrogen and oxygen atoms in total. The summed E-state index contributed by atoms with van der Waals surface area (Å²) < 4.78 is 5.85. The Morgan fingerprint density at radius 2 is 2.38 bits per heavy atom. The van der Waals surface area contributed by atoms with Crippen molar-refractivity contribution < 1.29 is 14.5 Å². The predicted molar refractivity (Wildman–Crippen MR) is 86.5 cm³/mol. The van der Waals surface area contributed by atoms with Crippen molar-refractivity contribution in [1.82, 2.24) is 5.32 Å². The number of nitro groups is 1. The van der Waals surface area contributed by atoms with E-state index in [0.717, 1.165) is 3.57 Å². The average Bonchev–Trinajstić information content (AvgIpc) is 2.47. The van der Waals surface area contributed by atoms with Gasteiger partial charge in [0, 0.05) is 29.3 Å². The maximum Gasteiger partial charge on any atom is 0.330 e. The summed E-state index contributed by atoms with van der Waals surface area (Å²) in [6, 6.07) is 4.46. The van der Waals surface area contributed by atoms with Gasteiger partial charge in [0.05, 0.1) is 11.5 Å². The number of carbonyl (C=O) groups excluding carboxylic acids is 1. The lowest BCUT2D eigenvalue weighted by atomic mass is 10.1. The van der Waals surface area contributed by atoms with Crippen LogP contribution in [0.25, 0.3) is 0 Å². The summed E-state index contributed by atoms with van der Waals surface area (Å²) in [6.07, 6.45) is 0. The Bertz CT molecular complexity index is 552. The number of nitrogens with one attached hydrogen (secondary N) is 1. The molecular formula is C13H16IN3O4. The Morgan fingerprint density at radius 1 is 1.62 bits per heavy atom. The van der Waals surface area contributed by atoms with Gasteiger partial charge in [0.25, 0.3) is 5.69 Å². The second-order valence-corrected chi connectivity index (χ2v) is 5.80. The van der Waals surface area contributed by atoms with Crippen LogP contribution < -0.4 is 10.2 Å². The van der Waals surface area contributed by atoms with E-state index in [4.69, 9.17) is 4.74 Å². The zero-order valence-electron chi connectivity index (χ0n) is 11.5. The van der Waals surface area contributed by atoms with Crippen molar-refractivity contribution in [2.24, 2.45) is 0 Å². The molecule has 2 rings (SSSR count).